The molecule has 27 heavy (non-hydrogen) atoms. The van der Waals surface area contributed by atoms with Crippen molar-refractivity contribution in [2.45, 2.75) is 57.7 Å². The van der Waals surface area contributed by atoms with Crippen molar-refractivity contribution >= 4 is 29.9 Å². The third-order valence-corrected chi connectivity index (χ3v) is 5.14. The van der Waals surface area contributed by atoms with Crippen LogP contribution in [-0.4, -0.2) is 50.1 Å². The Kier molecular flexibility index (Phi) is 9.11. The van der Waals surface area contributed by atoms with Crippen LogP contribution >= 0.6 is 24.0 Å². The summed E-state index contributed by atoms with van der Waals surface area (Å²) in [4.78, 5) is 4.30. The number of ether oxygens (including phenoxy) is 2. The molecular weight excluding hydrogens is 457 g/mol. The molecule has 0 amide bonds. The maximum Gasteiger partial charge on any atom is 0.191 e. The number of hydrogen-bond donors (Lipinski definition) is 3. The number of guanidine groups is 1. The van der Waals surface area contributed by atoms with Gasteiger partial charge in [-0.25, -0.2) is 0 Å². The third-order valence-electron chi connectivity index (χ3n) is 5.14. The SMILES string of the molecule is CN=C(NCc1c(O)ccc2c1CCCC2)NC(C)COC1CCOC1.I. The molecule has 1 fully saturated rings. The van der Waals surface area contributed by atoms with E-state index in [1.807, 2.05) is 6.07 Å². The lowest BCUT2D eigenvalue weighted by atomic mass is 9.88. The molecule has 3 rings (SSSR count). The Labute approximate surface area is 179 Å². The fraction of sp³-hybridized carbons (Fsp3) is 0.650. The third kappa shape index (κ3) is 6.22. The second-order valence-electron chi connectivity index (χ2n) is 7.20. The minimum Gasteiger partial charge on any atom is -0.508 e. The van der Waals surface area contributed by atoms with Gasteiger partial charge in [-0.1, -0.05) is 6.07 Å². The molecule has 0 bridgehead atoms. The number of nitrogens with one attached hydrogen (secondary N) is 2. The Morgan fingerprint density at radius 1 is 1.37 bits per heavy atom. The number of aromatic hydroxyl groups is 1. The largest absolute Gasteiger partial charge is 0.508 e. The first-order valence-corrected chi connectivity index (χ1v) is 9.66. The van der Waals surface area contributed by atoms with Crippen LogP contribution < -0.4 is 10.6 Å². The van der Waals surface area contributed by atoms with Crippen LogP contribution in [0.5, 0.6) is 5.75 Å². The summed E-state index contributed by atoms with van der Waals surface area (Å²) in [5, 5.41) is 17.0. The summed E-state index contributed by atoms with van der Waals surface area (Å²) in [6.07, 6.45) is 5.75. The van der Waals surface area contributed by atoms with Gasteiger partial charge in [0.1, 0.15) is 5.75 Å². The second kappa shape index (κ2) is 11.1. The van der Waals surface area contributed by atoms with Crippen molar-refractivity contribution in [1.29, 1.82) is 0 Å². The van der Waals surface area contributed by atoms with Gasteiger partial charge in [0, 0.05) is 31.8 Å². The van der Waals surface area contributed by atoms with Crippen molar-refractivity contribution in [1.82, 2.24) is 10.6 Å². The summed E-state index contributed by atoms with van der Waals surface area (Å²) in [6, 6.07) is 4.02. The summed E-state index contributed by atoms with van der Waals surface area (Å²) in [6.45, 7) is 4.74. The number of nitrogens with zero attached hydrogens (tertiary/aromatic N) is 1. The van der Waals surface area contributed by atoms with Gasteiger partial charge >= 0.3 is 0 Å². The van der Waals surface area contributed by atoms with Crippen LogP contribution in [0.25, 0.3) is 0 Å². The molecule has 7 heteroatoms. The molecule has 2 unspecified atom stereocenters. The topological polar surface area (TPSA) is 75.1 Å². The molecule has 3 N–H and O–H groups in total. The maximum absolute atomic E-state index is 10.3. The van der Waals surface area contributed by atoms with Crippen molar-refractivity contribution in [3.63, 3.8) is 0 Å². The second-order valence-corrected chi connectivity index (χ2v) is 7.20. The van der Waals surface area contributed by atoms with Crippen molar-refractivity contribution in [3.8, 4) is 5.75 Å². The van der Waals surface area contributed by atoms with Crippen molar-refractivity contribution in [2.24, 2.45) is 4.99 Å². The number of aliphatic imine (C=N–C) groups is 1. The van der Waals surface area contributed by atoms with E-state index < -0.39 is 0 Å². The van der Waals surface area contributed by atoms with E-state index in [9.17, 15) is 5.11 Å². The molecule has 1 aliphatic heterocycles. The summed E-state index contributed by atoms with van der Waals surface area (Å²) in [5.74, 6) is 1.09. The van der Waals surface area contributed by atoms with E-state index in [4.69, 9.17) is 9.47 Å². The van der Waals surface area contributed by atoms with Crippen LogP contribution in [0.2, 0.25) is 0 Å². The Bertz CT molecular complexity index is 633. The quantitative estimate of drug-likeness (QED) is 0.326. The zero-order valence-corrected chi connectivity index (χ0v) is 18.6. The summed E-state index contributed by atoms with van der Waals surface area (Å²) < 4.78 is 11.2. The van der Waals surface area contributed by atoms with Gasteiger partial charge in [0.05, 0.1) is 19.3 Å². The number of hydrogen-bond acceptors (Lipinski definition) is 4. The monoisotopic (exact) mass is 489 g/mol. The summed E-state index contributed by atoms with van der Waals surface area (Å²) in [5.41, 5.74) is 3.67. The van der Waals surface area contributed by atoms with Crippen LogP contribution in [0.4, 0.5) is 0 Å². The van der Waals surface area contributed by atoms with Gasteiger partial charge in [0.2, 0.25) is 0 Å². The maximum atomic E-state index is 10.3. The van der Waals surface area contributed by atoms with E-state index in [-0.39, 0.29) is 36.1 Å². The fourth-order valence-corrected chi connectivity index (χ4v) is 3.66. The average Bonchev–Trinajstić information content (AvgIpc) is 3.18. The zero-order valence-electron chi connectivity index (χ0n) is 16.3. The Balaban J connectivity index is 0.00000261. The van der Waals surface area contributed by atoms with Crippen LogP contribution in [0.15, 0.2) is 17.1 Å². The Morgan fingerprint density at radius 2 is 2.19 bits per heavy atom. The molecule has 0 saturated carbocycles. The number of halogens is 1. The number of phenols is 1. The molecule has 0 aromatic heterocycles. The van der Waals surface area contributed by atoms with Gasteiger partial charge in [-0.15, -0.1) is 24.0 Å². The van der Waals surface area contributed by atoms with Gasteiger partial charge in [-0.2, -0.15) is 0 Å². The van der Waals surface area contributed by atoms with Crippen molar-refractivity contribution in [3.05, 3.63) is 28.8 Å². The van der Waals surface area contributed by atoms with Crippen LogP contribution in [-0.2, 0) is 28.9 Å². The smallest absolute Gasteiger partial charge is 0.191 e. The van der Waals surface area contributed by atoms with E-state index in [0.29, 0.717) is 25.5 Å². The Hall–Kier alpha value is -1.06. The van der Waals surface area contributed by atoms with Gasteiger partial charge in [0.25, 0.3) is 0 Å². The minimum absolute atomic E-state index is 0. The lowest BCUT2D eigenvalue weighted by molar-refractivity contribution is 0.0347. The standard InChI is InChI=1S/C20H31N3O3.HI/c1-14(12-26-16-9-10-25-13-16)23-20(21-2)22-11-18-17-6-4-3-5-15(17)7-8-19(18)24;/h7-8,14,16,24H,3-6,9-13H2,1-2H3,(H2,21,22,23);1H. The lowest BCUT2D eigenvalue weighted by Gasteiger charge is -2.23. The molecule has 1 heterocycles. The predicted octanol–water partition coefficient (Wildman–Crippen LogP) is 2.75. The molecule has 0 spiro atoms. The molecule has 6 nitrogen and oxygen atoms in total. The van der Waals surface area contributed by atoms with Crippen molar-refractivity contribution < 1.29 is 14.6 Å². The first-order valence-electron chi connectivity index (χ1n) is 9.66. The molecule has 1 aromatic carbocycles. The Morgan fingerprint density at radius 3 is 2.93 bits per heavy atom. The molecule has 1 saturated heterocycles. The highest BCUT2D eigenvalue weighted by Gasteiger charge is 2.18. The zero-order chi connectivity index (χ0) is 18.4. The first kappa shape index (κ1) is 22.2. The van der Waals surface area contributed by atoms with Crippen LogP contribution in [0.1, 0.15) is 42.9 Å². The minimum atomic E-state index is 0. The van der Waals surface area contributed by atoms with E-state index in [0.717, 1.165) is 37.4 Å². The molecular formula is C20H32IN3O3. The number of phenolic OH excluding ortho intramolecular Hbond substituents is 1. The predicted molar refractivity (Wildman–Crippen MR) is 118 cm³/mol. The molecule has 1 aromatic rings. The van der Waals surface area contributed by atoms with Gasteiger partial charge in [-0.05, 0) is 56.2 Å². The number of benzene rings is 1. The molecule has 0 radical (unpaired) electrons. The first-order chi connectivity index (χ1) is 12.7. The molecule has 2 atom stereocenters. The fourth-order valence-electron chi connectivity index (χ4n) is 3.66. The molecule has 1 aliphatic carbocycles. The van der Waals surface area contributed by atoms with Gasteiger partial charge < -0.3 is 25.2 Å². The van der Waals surface area contributed by atoms with Gasteiger partial charge in [0.15, 0.2) is 5.96 Å². The average molecular weight is 489 g/mol. The van der Waals surface area contributed by atoms with E-state index in [1.54, 1.807) is 7.05 Å². The van der Waals surface area contributed by atoms with E-state index >= 15 is 0 Å². The number of rotatable bonds is 6. The van der Waals surface area contributed by atoms with Crippen LogP contribution in [0, 0.1) is 0 Å². The number of aryl methyl sites for hydroxylation is 1. The summed E-state index contributed by atoms with van der Waals surface area (Å²) in [7, 11) is 1.76. The van der Waals surface area contributed by atoms with Crippen LogP contribution in [0.3, 0.4) is 0 Å². The molecule has 152 valence electrons. The normalized spacial score (nSPS) is 20.5. The van der Waals surface area contributed by atoms with E-state index in [2.05, 4.69) is 28.6 Å². The highest BCUT2D eigenvalue weighted by atomic mass is 127. The lowest BCUT2D eigenvalue weighted by Crippen LogP contribution is -2.44. The number of fused-ring (bicyclic) bond motifs is 1. The van der Waals surface area contributed by atoms with Crippen molar-refractivity contribution in [2.75, 3.05) is 26.9 Å². The highest BCUT2D eigenvalue weighted by molar-refractivity contribution is 14.0. The highest BCUT2D eigenvalue weighted by Crippen LogP contribution is 2.30. The van der Waals surface area contributed by atoms with Gasteiger partial charge in [-0.3, -0.25) is 4.99 Å². The summed E-state index contributed by atoms with van der Waals surface area (Å²) >= 11 is 0. The van der Waals surface area contributed by atoms with E-state index in [1.165, 1.54) is 24.0 Å². The molecule has 2 aliphatic rings.